The van der Waals surface area contributed by atoms with Crippen LogP contribution in [0.1, 0.15) is 16.2 Å². The van der Waals surface area contributed by atoms with E-state index in [1.54, 1.807) is 6.07 Å². The molecule has 0 fully saturated rings. The van der Waals surface area contributed by atoms with Crippen molar-refractivity contribution in [1.82, 2.24) is 20.2 Å². The topological polar surface area (TPSA) is 60.7 Å². The smallest absolute Gasteiger partial charge is 0.245 e. The first-order chi connectivity index (χ1) is 7.18. The van der Waals surface area contributed by atoms with Gasteiger partial charge in [0, 0.05) is 0 Å². The van der Waals surface area contributed by atoms with Crippen molar-refractivity contribution in [3.63, 3.8) is 0 Å². The number of nitrogens with zero attached hydrogens (tertiary/aromatic N) is 4. The summed E-state index contributed by atoms with van der Waals surface area (Å²) in [4.78, 5) is 12.8. The van der Waals surface area contributed by atoms with E-state index in [0.717, 1.165) is 4.80 Å². The molecule has 0 N–H and O–H groups in total. The highest BCUT2D eigenvalue weighted by atomic mass is 19.1. The van der Waals surface area contributed by atoms with Gasteiger partial charge in [-0.3, -0.25) is 4.79 Å². The molecule has 1 aromatic heterocycles. The molecule has 0 bridgehead atoms. The molecule has 2 aromatic rings. The van der Waals surface area contributed by atoms with Gasteiger partial charge < -0.3 is 0 Å². The molecule has 2 rings (SSSR count). The lowest BCUT2D eigenvalue weighted by molar-refractivity contribution is 0.102. The van der Waals surface area contributed by atoms with Gasteiger partial charge in [0.1, 0.15) is 5.82 Å². The van der Waals surface area contributed by atoms with E-state index in [9.17, 15) is 9.18 Å². The summed E-state index contributed by atoms with van der Waals surface area (Å²) in [6.07, 6.45) is 0. The zero-order chi connectivity index (χ0) is 10.8. The minimum atomic E-state index is -0.588. The van der Waals surface area contributed by atoms with Crippen molar-refractivity contribution >= 4 is 5.78 Å². The van der Waals surface area contributed by atoms with E-state index in [1.807, 2.05) is 0 Å². The quantitative estimate of drug-likeness (QED) is 0.674. The molecule has 0 aliphatic heterocycles. The van der Waals surface area contributed by atoms with Crippen molar-refractivity contribution in [1.29, 1.82) is 0 Å². The SMILES string of the molecule is Cn1nnc(C(=O)c2ccccc2F)n1. The number of hydrogen-bond donors (Lipinski definition) is 0. The molecule has 0 aliphatic carbocycles. The average Bonchev–Trinajstić information content (AvgIpc) is 2.65. The third kappa shape index (κ3) is 1.74. The van der Waals surface area contributed by atoms with E-state index in [2.05, 4.69) is 15.4 Å². The Morgan fingerprint density at radius 2 is 2.13 bits per heavy atom. The number of ketones is 1. The Balaban J connectivity index is 2.41. The van der Waals surface area contributed by atoms with Gasteiger partial charge in [-0.2, -0.15) is 4.80 Å². The van der Waals surface area contributed by atoms with Gasteiger partial charge in [-0.1, -0.05) is 12.1 Å². The van der Waals surface area contributed by atoms with Gasteiger partial charge in [-0.25, -0.2) is 4.39 Å². The predicted octanol–water partition coefficient (Wildman–Crippen LogP) is 0.580. The Kier molecular flexibility index (Phi) is 2.24. The van der Waals surface area contributed by atoms with Crippen LogP contribution < -0.4 is 0 Å². The third-order valence-corrected chi connectivity index (χ3v) is 1.83. The van der Waals surface area contributed by atoms with Crippen LogP contribution in [0.25, 0.3) is 0 Å². The van der Waals surface area contributed by atoms with Crippen LogP contribution in [0, 0.1) is 5.82 Å². The molecule has 0 radical (unpaired) electrons. The Morgan fingerprint density at radius 3 is 2.73 bits per heavy atom. The van der Waals surface area contributed by atoms with Crippen molar-refractivity contribution in [2.24, 2.45) is 7.05 Å². The maximum atomic E-state index is 13.2. The van der Waals surface area contributed by atoms with Crippen LogP contribution in [0.5, 0.6) is 0 Å². The van der Waals surface area contributed by atoms with Crippen molar-refractivity contribution in [3.05, 3.63) is 41.5 Å². The summed E-state index contributed by atoms with van der Waals surface area (Å²) in [5, 5.41) is 10.7. The van der Waals surface area contributed by atoms with Gasteiger partial charge in [-0.15, -0.1) is 10.2 Å². The largest absolute Gasteiger partial charge is 0.285 e. The summed E-state index contributed by atoms with van der Waals surface area (Å²) in [6, 6.07) is 5.68. The van der Waals surface area contributed by atoms with Crippen LogP contribution in [-0.2, 0) is 7.05 Å². The highest BCUT2D eigenvalue weighted by Gasteiger charge is 2.17. The molecule has 0 spiro atoms. The van der Waals surface area contributed by atoms with Crippen LogP contribution in [-0.4, -0.2) is 26.0 Å². The molecule has 6 heteroatoms. The Bertz CT molecular complexity index is 508. The first-order valence-electron chi connectivity index (χ1n) is 4.21. The zero-order valence-electron chi connectivity index (χ0n) is 7.88. The number of rotatable bonds is 2. The molecule has 1 aromatic carbocycles. The van der Waals surface area contributed by atoms with E-state index in [-0.39, 0.29) is 11.4 Å². The monoisotopic (exact) mass is 206 g/mol. The minimum absolute atomic E-state index is 0.0505. The molecule has 0 atom stereocenters. The molecular weight excluding hydrogens is 199 g/mol. The van der Waals surface area contributed by atoms with E-state index < -0.39 is 11.6 Å². The second kappa shape index (κ2) is 3.56. The van der Waals surface area contributed by atoms with Crippen LogP contribution in [0.2, 0.25) is 0 Å². The number of aromatic nitrogens is 4. The first kappa shape index (κ1) is 9.45. The summed E-state index contributed by atoms with van der Waals surface area (Å²) in [7, 11) is 1.53. The van der Waals surface area contributed by atoms with Crippen molar-refractivity contribution in [2.45, 2.75) is 0 Å². The molecular formula is C9H7FN4O. The van der Waals surface area contributed by atoms with Crippen molar-refractivity contribution < 1.29 is 9.18 Å². The highest BCUT2D eigenvalue weighted by molar-refractivity contribution is 6.06. The predicted molar refractivity (Wildman–Crippen MR) is 48.6 cm³/mol. The van der Waals surface area contributed by atoms with Gasteiger partial charge in [0.15, 0.2) is 0 Å². The van der Waals surface area contributed by atoms with Gasteiger partial charge >= 0.3 is 0 Å². The minimum Gasteiger partial charge on any atom is -0.285 e. The maximum Gasteiger partial charge on any atom is 0.245 e. The average molecular weight is 206 g/mol. The zero-order valence-corrected chi connectivity index (χ0v) is 7.88. The standard InChI is InChI=1S/C9H7FN4O/c1-14-12-9(11-13-14)8(15)6-4-2-3-5-7(6)10/h2-5H,1H3. The molecule has 0 amide bonds. The second-order valence-electron chi connectivity index (χ2n) is 2.91. The fraction of sp³-hybridized carbons (Fsp3) is 0.111. The van der Waals surface area contributed by atoms with Crippen molar-refractivity contribution in [2.75, 3.05) is 0 Å². The molecule has 0 saturated carbocycles. The summed E-state index contributed by atoms with van der Waals surface area (Å²) in [5.41, 5.74) is -0.0505. The molecule has 0 unspecified atom stereocenters. The van der Waals surface area contributed by atoms with E-state index in [1.165, 1.54) is 25.2 Å². The first-order valence-corrected chi connectivity index (χ1v) is 4.21. The van der Waals surface area contributed by atoms with Gasteiger partial charge in [-0.05, 0) is 17.3 Å². The van der Waals surface area contributed by atoms with Gasteiger partial charge in [0.25, 0.3) is 0 Å². The lowest BCUT2D eigenvalue weighted by Crippen LogP contribution is -2.06. The van der Waals surface area contributed by atoms with Crippen molar-refractivity contribution in [3.8, 4) is 0 Å². The van der Waals surface area contributed by atoms with Gasteiger partial charge in [0.2, 0.25) is 11.6 Å². The third-order valence-electron chi connectivity index (χ3n) is 1.83. The van der Waals surface area contributed by atoms with Crippen LogP contribution in [0.15, 0.2) is 24.3 Å². The van der Waals surface area contributed by atoms with Crippen LogP contribution in [0.3, 0.4) is 0 Å². The lowest BCUT2D eigenvalue weighted by atomic mass is 10.1. The normalized spacial score (nSPS) is 10.3. The number of tetrazole rings is 1. The van der Waals surface area contributed by atoms with E-state index in [0.29, 0.717) is 0 Å². The van der Waals surface area contributed by atoms with E-state index in [4.69, 9.17) is 0 Å². The summed E-state index contributed by atoms with van der Waals surface area (Å²) in [5.74, 6) is -1.27. The number of carbonyl (C=O) groups is 1. The van der Waals surface area contributed by atoms with Crippen LogP contribution >= 0.6 is 0 Å². The van der Waals surface area contributed by atoms with Gasteiger partial charge in [0.05, 0.1) is 12.6 Å². The summed E-state index contributed by atoms with van der Waals surface area (Å²) >= 11 is 0. The number of hydrogen-bond acceptors (Lipinski definition) is 4. The van der Waals surface area contributed by atoms with Crippen LogP contribution in [0.4, 0.5) is 4.39 Å². The highest BCUT2D eigenvalue weighted by Crippen LogP contribution is 2.09. The fourth-order valence-corrected chi connectivity index (χ4v) is 1.14. The second-order valence-corrected chi connectivity index (χ2v) is 2.91. The number of carbonyl (C=O) groups excluding carboxylic acids is 1. The number of benzene rings is 1. The summed E-state index contributed by atoms with van der Waals surface area (Å²) < 4.78 is 13.2. The molecule has 76 valence electrons. The molecule has 15 heavy (non-hydrogen) atoms. The number of halogens is 1. The molecule has 0 aliphatic rings. The Hall–Kier alpha value is -2.11. The molecule has 0 saturated heterocycles. The maximum absolute atomic E-state index is 13.2. The fourth-order valence-electron chi connectivity index (χ4n) is 1.14. The number of aryl methyl sites for hydroxylation is 1. The Morgan fingerprint density at radius 1 is 1.40 bits per heavy atom. The Labute approximate surface area is 84.5 Å². The molecule has 1 heterocycles. The lowest BCUT2D eigenvalue weighted by Gasteiger charge is -1.96. The molecule has 5 nitrogen and oxygen atoms in total. The summed E-state index contributed by atoms with van der Waals surface area (Å²) in [6.45, 7) is 0. The van der Waals surface area contributed by atoms with E-state index >= 15 is 0 Å².